The highest BCUT2D eigenvalue weighted by Gasteiger charge is 2.53. The highest BCUT2D eigenvalue weighted by atomic mass is 19.2. The molecule has 0 radical (unpaired) electrons. The van der Waals surface area contributed by atoms with E-state index in [9.17, 15) is 13.6 Å². The van der Waals surface area contributed by atoms with E-state index in [1.165, 1.54) is 19.2 Å². The van der Waals surface area contributed by atoms with Crippen LogP contribution in [0.1, 0.15) is 24.0 Å². The first-order valence-corrected chi connectivity index (χ1v) is 5.22. The van der Waals surface area contributed by atoms with Crippen molar-refractivity contribution in [3.05, 3.63) is 34.9 Å². The standard InChI is InChI=1S/C12H12F2O3/c1-17-6-7-2-3-8(10(14)9(7)13)12(4-5-12)11(15)16/h2-3H,4-6H2,1H3,(H,15,16). The van der Waals surface area contributed by atoms with Crippen LogP contribution in [-0.2, 0) is 21.6 Å². The average Bonchev–Trinajstić information content (AvgIpc) is 3.06. The molecular weight excluding hydrogens is 230 g/mol. The summed E-state index contributed by atoms with van der Waals surface area (Å²) in [6.07, 6.45) is 0.699. The molecule has 3 nitrogen and oxygen atoms in total. The van der Waals surface area contributed by atoms with Crippen molar-refractivity contribution in [3.63, 3.8) is 0 Å². The first-order chi connectivity index (χ1) is 8.03. The minimum Gasteiger partial charge on any atom is -0.481 e. The quantitative estimate of drug-likeness (QED) is 0.880. The molecule has 5 heteroatoms. The van der Waals surface area contributed by atoms with Gasteiger partial charge in [0.15, 0.2) is 11.6 Å². The van der Waals surface area contributed by atoms with Gasteiger partial charge in [-0.3, -0.25) is 4.79 Å². The number of hydrogen-bond acceptors (Lipinski definition) is 2. The van der Waals surface area contributed by atoms with Crippen molar-refractivity contribution in [1.82, 2.24) is 0 Å². The van der Waals surface area contributed by atoms with Gasteiger partial charge in [0.05, 0.1) is 12.0 Å². The Labute approximate surface area is 97.0 Å². The fourth-order valence-corrected chi connectivity index (χ4v) is 1.95. The lowest BCUT2D eigenvalue weighted by atomic mass is 9.94. The molecule has 92 valence electrons. The fourth-order valence-electron chi connectivity index (χ4n) is 1.95. The molecule has 1 aromatic carbocycles. The van der Waals surface area contributed by atoms with E-state index in [1.807, 2.05) is 0 Å². The second kappa shape index (κ2) is 4.07. The second-order valence-corrected chi connectivity index (χ2v) is 4.22. The molecule has 2 rings (SSSR count). The van der Waals surface area contributed by atoms with E-state index >= 15 is 0 Å². The van der Waals surface area contributed by atoms with Crippen molar-refractivity contribution in [3.8, 4) is 0 Å². The maximum atomic E-state index is 13.8. The number of carboxylic acid groups (broad SMARTS) is 1. The first-order valence-electron chi connectivity index (χ1n) is 5.22. The predicted octanol–water partition coefficient (Wildman–Crippen LogP) is 2.23. The Balaban J connectivity index is 2.45. The molecule has 1 fully saturated rings. The third kappa shape index (κ3) is 1.80. The van der Waals surface area contributed by atoms with Gasteiger partial charge in [-0.1, -0.05) is 12.1 Å². The molecule has 0 bridgehead atoms. The van der Waals surface area contributed by atoms with Crippen LogP contribution in [0.25, 0.3) is 0 Å². The normalized spacial score (nSPS) is 16.9. The van der Waals surface area contributed by atoms with Crippen molar-refractivity contribution in [2.75, 3.05) is 7.11 Å². The second-order valence-electron chi connectivity index (χ2n) is 4.22. The van der Waals surface area contributed by atoms with Crippen LogP contribution in [0.15, 0.2) is 12.1 Å². The molecule has 0 unspecified atom stereocenters. The van der Waals surface area contributed by atoms with Crippen LogP contribution < -0.4 is 0 Å². The number of rotatable bonds is 4. The Morgan fingerprint density at radius 2 is 2.06 bits per heavy atom. The third-order valence-corrected chi connectivity index (χ3v) is 3.14. The molecule has 1 saturated carbocycles. The summed E-state index contributed by atoms with van der Waals surface area (Å²) in [6, 6.07) is 2.72. The summed E-state index contributed by atoms with van der Waals surface area (Å²) in [5.74, 6) is -3.19. The Kier molecular flexibility index (Phi) is 2.87. The molecular formula is C12H12F2O3. The lowest BCUT2D eigenvalue weighted by molar-refractivity contribution is -0.140. The topological polar surface area (TPSA) is 46.5 Å². The van der Waals surface area contributed by atoms with Crippen molar-refractivity contribution in [2.45, 2.75) is 24.9 Å². The summed E-state index contributed by atoms with van der Waals surface area (Å²) in [4.78, 5) is 11.0. The number of methoxy groups -OCH3 is 1. The minimum absolute atomic E-state index is 0.0386. The molecule has 0 spiro atoms. The van der Waals surface area contributed by atoms with E-state index in [0.717, 1.165) is 0 Å². The summed E-state index contributed by atoms with van der Waals surface area (Å²) >= 11 is 0. The lowest BCUT2D eigenvalue weighted by Crippen LogP contribution is -2.22. The van der Waals surface area contributed by atoms with Gasteiger partial charge in [0.1, 0.15) is 0 Å². The fraction of sp³-hybridized carbons (Fsp3) is 0.417. The Morgan fingerprint density at radius 3 is 2.53 bits per heavy atom. The molecule has 0 heterocycles. The smallest absolute Gasteiger partial charge is 0.314 e. The molecule has 0 aromatic heterocycles. The zero-order valence-corrected chi connectivity index (χ0v) is 9.30. The van der Waals surface area contributed by atoms with E-state index in [0.29, 0.717) is 12.8 Å². The molecule has 17 heavy (non-hydrogen) atoms. The van der Waals surface area contributed by atoms with Crippen LogP contribution in [0.3, 0.4) is 0 Å². The number of ether oxygens (including phenoxy) is 1. The molecule has 0 atom stereocenters. The third-order valence-electron chi connectivity index (χ3n) is 3.14. The summed E-state index contributed by atoms with van der Waals surface area (Å²) in [6.45, 7) is -0.0386. The van der Waals surface area contributed by atoms with Crippen molar-refractivity contribution in [2.24, 2.45) is 0 Å². The van der Waals surface area contributed by atoms with E-state index in [4.69, 9.17) is 9.84 Å². The van der Waals surface area contributed by atoms with Gasteiger partial charge in [0.2, 0.25) is 0 Å². The number of benzene rings is 1. The summed E-state index contributed by atoms with van der Waals surface area (Å²) in [5.41, 5.74) is -1.20. The maximum Gasteiger partial charge on any atom is 0.314 e. The van der Waals surface area contributed by atoms with E-state index in [1.54, 1.807) is 0 Å². The van der Waals surface area contributed by atoms with Gasteiger partial charge in [-0.05, 0) is 12.8 Å². The monoisotopic (exact) mass is 242 g/mol. The SMILES string of the molecule is COCc1ccc(C2(C(=O)O)CC2)c(F)c1F. The zero-order valence-electron chi connectivity index (χ0n) is 9.30. The van der Waals surface area contributed by atoms with Gasteiger partial charge in [0.25, 0.3) is 0 Å². The van der Waals surface area contributed by atoms with Crippen molar-refractivity contribution >= 4 is 5.97 Å². The van der Waals surface area contributed by atoms with Gasteiger partial charge < -0.3 is 9.84 Å². The Morgan fingerprint density at radius 1 is 1.41 bits per heavy atom. The number of hydrogen-bond donors (Lipinski definition) is 1. The van der Waals surface area contributed by atoms with Crippen LogP contribution in [0.2, 0.25) is 0 Å². The number of carbonyl (C=O) groups is 1. The van der Waals surface area contributed by atoms with Crippen molar-refractivity contribution < 1.29 is 23.4 Å². The van der Waals surface area contributed by atoms with Gasteiger partial charge in [-0.2, -0.15) is 0 Å². The molecule has 1 N–H and O–H groups in total. The van der Waals surface area contributed by atoms with Gasteiger partial charge >= 0.3 is 5.97 Å². The molecule has 1 aliphatic carbocycles. The van der Waals surface area contributed by atoms with Gasteiger partial charge in [0, 0.05) is 18.2 Å². The highest BCUT2D eigenvalue weighted by molar-refractivity contribution is 5.85. The summed E-state index contributed by atoms with van der Waals surface area (Å²) in [7, 11) is 1.38. The van der Waals surface area contributed by atoms with Crippen molar-refractivity contribution in [1.29, 1.82) is 0 Å². The average molecular weight is 242 g/mol. The van der Waals surface area contributed by atoms with E-state index < -0.39 is 23.0 Å². The van der Waals surface area contributed by atoms with E-state index in [-0.39, 0.29) is 17.7 Å². The van der Waals surface area contributed by atoms with E-state index in [2.05, 4.69) is 0 Å². The minimum atomic E-state index is -1.23. The Hall–Kier alpha value is -1.49. The zero-order chi connectivity index (χ0) is 12.6. The molecule has 0 aliphatic heterocycles. The van der Waals surface area contributed by atoms with Crippen LogP contribution in [0.5, 0.6) is 0 Å². The lowest BCUT2D eigenvalue weighted by Gasteiger charge is -2.13. The maximum absolute atomic E-state index is 13.8. The van der Waals surface area contributed by atoms with Crippen LogP contribution >= 0.6 is 0 Å². The van der Waals surface area contributed by atoms with Crippen LogP contribution in [0, 0.1) is 11.6 Å². The molecule has 1 aromatic rings. The van der Waals surface area contributed by atoms with Crippen LogP contribution in [-0.4, -0.2) is 18.2 Å². The molecule has 0 amide bonds. The largest absolute Gasteiger partial charge is 0.481 e. The molecule has 1 aliphatic rings. The highest BCUT2D eigenvalue weighted by Crippen LogP contribution is 2.49. The number of aliphatic carboxylic acids is 1. The van der Waals surface area contributed by atoms with Gasteiger partial charge in [-0.25, -0.2) is 8.78 Å². The summed E-state index contributed by atoms with van der Waals surface area (Å²) in [5, 5.41) is 9.03. The summed E-state index contributed by atoms with van der Waals surface area (Å²) < 4.78 is 32.1. The molecule has 0 saturated heterocycles. The van der Waals surface area contributed by atoms with Crippen LogP contribution in [0.4, 0.5) is 8.78 Å². The number of carboxylic acids is 1. The number of halogens is 2. The van der Waals surface area contributed by atoms with Gasteiger partial charge in [-0.15, -0.1) is 0 Å². The Bertz CT molecular complexity index is 467. The predicted molar refractivity (Wildman–Crippen MR) is 55.6 cm³/mol. The first kappa shape index (κ1) is 12.0.